The lowest BCUT2D eigenvalue weighted by molar-refractivity contribution is -0.275. The van der Waals surface area contributed by atoms with Gasteiger partial charge in [-0.15, -0.1) is 0 Å². The Bertz CT molecular complexity index is 239. The molecule has 0 saturated carbocycles. The molecule has 0 aromatic carbocycles. The van der Waals surface area contributed by atoms with Gasteiger partial charge in [0.2, 0.25) is 0 Å². The van der Waals surface area contributed by atoms with Crippen molar-refractivity contribution in [1.82, 2.24) is 0 Å². The van der Waals surface area contributed by atoms with Gasteiger partial charge in [0.25, 0.3) is 3.79 Å². The van der Waals surface area contributed by atoms with Crippen molar-refractivity contribution in [3.05, 3.63) is 0 Å². The van der Waals surface area contributed by atoms with Gasteiger partial charge in [0.05, 0.1) is 0 Å². The fraction of sp³-hybridized carbons (Fsp3) is 1.00. The van der Waals surface area contributed by atoms with Crippen molar-refractivity contribution in [2.24, 2.45) is 0 Å². The average molecular weight is 407 g/mol. The molecule has 0 aromatic heterocycles. The van der Waals surface area contributed by atoms with Crippen LogP contribution in [0.15, 0.2) is 0 Å². The minimum absolute atomic E-state index is 2.71. The molecular formula is C5HCl6F7. The first-order valence-corrected chi connectivity index (χ1v) is 5.69. The molecule has 0 bridgehead atoms. The Morgan fingerprint density at radius 2 is 0.889 bits per heavy atom. The van der Waals surface area contributed by atoms with Crippen LogP contribution in [0.3, 0.4) is 0 Å². The van der Waals surface area contributed by atoms with Crippen molar-refractivity contribution < 1.29 is 30.7 Å². The van der Waals surface area contributed by atoms with Gasteiger partial charge in [0.1, 0.15) is 0 Å². The Balaban J connectivity index is 0. The van der Waals surface area contributed by atoms with Crippen LogP contribution in [0, 0.1) is 0 Å². The Hall–Kier alpha value is 1.25. The normalized spacial score (nSPS) is 14.3. The molecule has 0 nitrogen and oxygen atoms in total. The van der Waals surface area contributed by atoms with Gasteiger partial charge in [-0.2, -0.15) is 30.7 Å². The summed E-state index contributed by atoms with van der Waals surface area (Å²) in [6.07, 6.45) is -5.68. The second-order valence-corrected chi connectivity index (χ2v) is 6.27. The molecule has 0 aliphatic rings. The van der Waals surface area contributed by atoms with Crippen LogP contribution in [0.2, 0.25) is 0 Å². The first-order chi connectivity index (χ1) is 7.44. The highest BCUT2D eigenvalue weighted by molar-refractivity contribution is 6.70. The minimum atomic E-state index is -5.68. The lowest BCUT2D eigenvalue weighted by atomic mass is 10.4. The summed E-state index contributed by atoms with van der Waals surface area (Å²) < 4.78 is 77.3. The van der Waals surface area contributed by atoms with Crippen molar-refractivity contribution in [1.29, 1.82) is 0 Å². The lowest BCUT2D eigenvalue weighted by Gasteiger charge is -2.19. The molecule has 0 radical (unpaired) electrons. The van der Waals surface area contributed by atoms with Gasteiger partial charge in [-0.25, -0.2) is 0 Å². The number of rotatable bonds is 1. The Morgan fingerprint density at radius 3 is 0.889 bits per heavy atom. The van der Waals surface area contributed by atoms with E-state index in [0.29, 0.717) is 0 Å². The smallest absolute Gasteiger partial charge is 0.193 e. The largest absolute Gasteiger partial charge is 0.456 e. The zero-order valence-electron chi connectivity index (χ0n) is 7.49. The van der Waals surface area contributed by atoms with Crippen molar-refractivity contribution in [3.63, 3.8) is 0 Å². The predicted octanol–water partition coefficient (Wildman–Crippen LogP) is 6.18. The highest BCUT2D eigenvalue weighted by atomic mass is 35.6. The fourth-order valence-corrected chi connectivity index (χ4v) is 0.371. The summed E-state index contributed by atoms with van der Waals surface area (Å²) in [6, 6.07) is 0. The van der Waals surface area contributed by atoms with E-state index in [0.717, 1.165) is 0 Å². The highest BCUT2D eigenvalue weighted by Gasteiger charge is 2.61. The van der Waals surface area contributed by atoms with Crippen LogP contribution in [-0.4, -0.2) is 26.1 Å². The second-order valence-electron chi connectivity index (χ2n) is 2.42. The fourth-order valence-electron chi connectivity index (χ4n) is 0.124. The number of hydrogen-bond donors (Lipinski definition) is 0. The van der Waals surface area contributed by atoms with Crippen molar-refractivity contribution >= 4 is 69.6 Å². The maximum atomic E-state index is 11.7. The van der Waals surface area contributed by atoms with E-state index in [1.54, 1.807) is 0 Å². The standard InChI is InChI=1S/C3HCl2F5.C2Cl4F2/c4-1(5)2(6,7)3(8,9)10;3-1(4,5)2(6,7)8/h1H;. The second kappa shape index (κ2) is 6.80. The molecule has 0 amide bonds. The van der Waals surface area contributed by atoms with Gasteiger partial charge in [-0.1, -0.05) is 58.0 Å². The Morgan fingerprint density at radius 1 is 0.667 bits per heavy atom. The van der Waals surface area contributed by atoms with Crippen LogP contribution >= 0.6 is 69.6 Å². The van der Waals surface area contributed by atoms with E-state index in [4.69, 9.17) is 0 Å². The first kappa shape index (κ1) is 21.5. The quantitative estimate of drug-likeness (QED) is 0.360. The summed E-state index contributed by atoms with van der Waals surface area (Å²) in [5.41, 5.74) is 0. The summed E-state index contributed by atoms with van der Waals surface area (Å²) >= 11 is 27.0. The van der Waals surface area contributed by atoms with Crippen molar-refractivity contribution in [2.75, 3.05) is 0 Å². The number of hydrogen-bond acceptors (Lipinski definition) is 0. The van der Waals surface area contributed by atoms with Crippen LogP contribution in [0.4, 0.5) is 30.7 Å². The summed E-state index contributed by atoms with van der Waals surface area (Å²) in [6.45, 7) is 0. The maximum absolute atomic E-state index is 11.7. The predicted molar refractivity (Wildman–Crippen MR) is 57.6 cm³/mol. The van der Waals surface area contributed by atoms with Gasteiger partial charge in [0.15, 0.2) is 4.84 Å². The van der Waals surface area contributed by atoms with E-state index >= 15 is 0 Å². The molecule has 0 rings (SSSR count). The lowest BCUT2D eigenvalue weighted by Crippen LogP contribution is -2.41. The van der Waals surface area contributed by atoms with Gasteiger partial charge in [0, 0.05) is 0 Å². The third kappa shape index (κ3) is 7.14. The average Bonchev–Trinajstić information content (AvgIpc) is 1.98. The third-order valence-corrected chi connectivity index (χ3v) is 2.81. The molecule has 0 fully saturated rings. The zero-order chi connectivity index (χ0) is 15.6. The molecule has 0 saturated heterocycles. The summed E-state index contributed by atoms with van der Waals surface area (Å²) in [5, 5.41) is -3.79. The molecule has 0 atom stereocenters. The minimum Gasteiger partial charge on any atom is -0.193 e. The third-order valence-electron chi connectivity index (χ3n) is 0.973. The van der Waals surface area contributed by atoms with E-state index in [-0.39, 0.29) is 0 Å². The summed E-state index contributed by atoms with van der Waals surface area (Å²) in [7, 11) is 0. The number of alkyl halides is 13. The Labute approximate surface area is 126 Å². The van der Waals surface area contributed by atoms with E-state index in [2.05, 4.69) is 69.6 Å². The molecule has 112 valence electrons. The van der Waals surface area contributed by atoms with E-state index < -0.39 is 26.1 Å². The maximum Gasteiger partial charge on any atom is 0.456 e. The monoisotopic (exact) mass is 404 g/mol. The Kier molecular flexibility index (Phi) is 8.15. The van der Waals surface area contributed by atoms with Gasteiger partial charge in [-0.05, 0) is 11.6 Å². The molecule has 18 heavy (non-hydrogen) atoms. The van der Waals surface area contributed by atoms with Gasteiger partial charge >= 0.3 is 17.5 Å². The van der Waals surface area contributed by atoms with Crippen molar-refractivity contribution in [3.8, 4) is 0 Å². The van der Waals surface area contributed by atoms with E-state index in [1.165, 1.54) is 0 Å². The van der Waals surface area contributed by atoms with Crippen LogP contribution < -0.4 is 0 Å². The molecule has 0 aliphatic heterocycles. The molecule has 0 unspecified atom stereocenters. The number of halogens is 13. The van der Waals surface area contributed by atoms with Crippen LogP contribution in [0.1, 0.15) is 0 Å². The van der Waals surface area contributed by atoms with Crippen LogP contribution in [-0.2, 0) is 0 Å². The SMILES string of the molecule is FC(F)(Cl)C(Cl)(Cl)Cl.FC(F)(F)C(F)(F)C(Cl)Cl. The summed E-state index contributed by atoms with van der Waals surface area (Å²) in [4.78, 5) is -2.76. The summed E-state index contributed by atoms with van der Waals surface area (Å²) in [5.74, 6) is -5.03. The van der Waals surface area contributed by atoms with Crippen LogP contribution in [0.5, 0.6) is 0 Å². The zero-order valence-corrected chi connectivity index (χ0v) is 12.0. The first-order valence-electron chi connectivity index (χ1n) is 3.30. The van der Waals surface area contributed by atoms with E-state index in [1.807, 2.05) is 0 Å². The topological polar surface area (TPSA) is 0 Å². The molecule has 0 aromatic rings. The molecule has 0 spiro atoms. The van der Waals surface area contributed by atoms with Gasteiger partial charge < -0.3 is 0 Å². The highest BCUT2D eigenvalue weighted by Crippen LogP contribution is 2.44. The molecular weight excluding hydrogens is 406 g/mol. The van der Waals surface area contributed by atoms with E-state index in [9.17, 15) is 30.7 Å². The molecule has 0 aliphatic carbocycles. The molecule has 0 N–H and O–H groups in total. The molecule has 0 heterocycles. The van der Waals surface area contributed by atoms with Crippen LogP contribution in [0.25, 0.3) is 0 Å². The molecule has 13 heteroatoms. The van der Waals surface area contributed by atoms with Crippen molar-refractivity contribution in [2.45, 2.75) is 26.1 Å². The van der Waals surface area contributed by atoms with Gasteiger partial charge in [-0.3, -0.25) is 0 Å².